The Hall–Kier alpha value is -3.70. The summed E-state index contributed by atoms with van der Waals surface area (Å²) in [6.45, 7) is 4.04. The summed E-state index contributed by atoms with van der Waals surface area (Å²) in [6.07, 6.45) is 99.2. The van der Waals surface area contributed by atoms with Crippen molar-refractivity contribution < 1.29 is 24.2 Å². The monoisotopic (exact) mass is 1080 g/mol. The number of unbranched alkanes of at least 4 members (excludes halogenated alkanes) is 32. The molecule has 5 nitrogen and oxygen atoms in total. The molecule has 0 saturated carbocycles. The Labute approximate surface area is 483 Å². The third-order valence-corrected chi connectivity index (χ3v) is 14.2. The van der Waals surface area contributed by atoms with Gasteiger partial charge in [-0.15, -0.1) is 0 Å². The first-order chi connectivity index (χ1) is 38.6. The van der Waals surface area contributed by atoms with Crippen molar-refractivity contribution in [2.24, 2.45) is 0 Å². The molecule has 0 aromatic rings. The largest absolute Gasteiger partial charge is 0.462 e. The van der Waals surface area contributed by atoms with E-state index >= 15 is 0 Å². The summed E-state index contributed by atoms with van der Waals surface area (Å²) in [7, 11) is 0. The van der Waals surface area contributed by atoms with Crippen LogP contribution in [-0.2, 0) is 19.1 Å². The Balaban J connectivity index is 3.51. The lowest BCUT2D eigenvalue weighted by Crippen LogP contribution is -2.28. The Kier molecular flexibility index (Phi) is 64.4. The maximum absolute atomic E-state index is 12.4. The van der Waals surface area contributed by atoms with Crippen LogP contribution in [0.25, 0.3) is 0 Å². The topological polar surface area (TPSA) is 72.8 Å². The van der Waals surface area contributed by atoms with Gasteiger partial charge >= 0.3 is 11.9 Å². The number of esters is 2. The Morgan fingerprint density at radius 3 is 0.833 bits per heavy atom. The Morgan fingerprint density at radius 2 is 0.551 bits per heavy atom. The second kappa shape index (κ2) is 67.6. The van der Waals surface area contributed by atoms with E-state index in [0.29, 0.717) is 12.8 Å². The van der Waals surface area contributed by atoms with Crippen molar-refractivity contribution in [3.8, 4) is 0 Å². The molecule has 1 atom stereocenters. The molecule has 1 N–H and O–H groups in total. The molecular weight excluding hydrogens is 957 g/mol. The minimum Gasteiger partial charge on any atom is -0.462 e. The quantitative estimate of drug-likeness (QED) is 0.0373. The molecule has 0 spiro atoms. The van der Waals surface area contributed by atoms with Gasteiger partial charge in [-0.25, -0.2) is 0 Å². The number of rotatable bonds is 60. The predicted octanol–water partition coefficient (Wildman–Crippen LogP) is 23.0. The lowest BCUT2D eigenvalue weighted by atomic mass is 10.0. The molecule has 78 heavy (non-hydrogen) atoms. The van der Waals surface area contributed by atoms with Crippen LogP contribution in [0.5, 0.6) is 0 Å². The molecule has 0 amide bonds. The molecule has 5 heteroatoms. The first kappa shape index (κ1) is 74.3. The van der Waals surface area contributed by atoms with Gasteiger partial charge in [0.15, 0.2) is 6.10 Å². The van der Waals surface area contributed by atoms with Crippen LogP contribution in [0.4, 0.5) is 0 Å². The first-order valence-corrected chi connectivity index (χ1v) is 33.1. The summed E-state index contributed by atoms with van der Waals surface area (Å²) in [5.74, 6) is -0.588. The van der Waals surface area contributed by atoms with Gasteiger partial charge < -0.3 is 14.6 Å². The molecule has 0 aliphatic rings. The van der Waals surface area contributed by atoms with E-state index in [9.17, 15) is 14.7 Å². The van der Waals surface area contributed by atoms with Crippen LogP contribution in [0.15, 0.2) is 122 Å². The van der Waals surface area contributed by atoms with E-state index < -0.39 is 6.10 Å². The van der Waals surface area contributed by atoms with Gasteiger partial charge in [-0.3, -0.25) is 9.59 Å². The van der Waals surface area contributed by atoms with Gasteiger partial charge in [-0.05, 0) is 109 Å². The average molecular weight is 1080 g/mol. The van der Waals surface area contributed by atoms with Gasteiger partial charge in [0.05, 0.1) is 6.61 Å². The highest BCUT2D eigenvalue weighted by molar-refractivity contribution is 5.70. The van der Waals surface area contributed by atoms with Crippen molar-refractivity contribution in [3.05, 3.63) is 122 Å². The highest BCUT2D eigenvalue weighted by Gasteiger charge is 2.16. The van der Waals surface area contributed by atoms with Crippen LogP contribution in [0.1, 0.15) is 309 Å². The zero-order valence-electron chi connectivity index (χ0n) is 51.1. The molecular formula is C73H124O5. The summed E-state index contributed by atoms with van der Waals surface area (Å²) in [5.41, 5.74) is 0. The Morgan fingerprint density at radius 1 is 0.308 bits per heavy atom. The predicted molar refractivity (Wildman–Crippen MR) is 343 cm³/mol. The van der Waals surface area contributed by atoms with Crippen molar-refractivity contribution in [3.63, 3.8) is 0 Å². The summed E-state index contributed by atoms with van der Waals surface area (Å²) in [4.78, 5) is 24.6. The minimum atomic E-state index is -0.781. The van der Waals surface area contributed by atoms with Crippen LogP contribution < -0.4 is 0 Å². The molecule has 446 valence electrons. The summed E-state index contributed by atoms with van der Waals surface area (Å²) in [6, 6.07) is 0. The van der Waals surface area contributed by atoms with E-state index in [1.165, 1.54) is 186 Å². The summed E-state index contributed by atoms with van der Waals surface area (Å²) in [5, 5.41) is 9.69. The van der Waals surface area contributed by atoms with Crippen LogP contribution in [-0.4, -0.2) is 36.4 Å². The number of ether oxygens (including phenoxy) is 2. The van der Waals surface area contributed by atoms with Gasteiger partial charge in [-0.1, -0.05) is 309 Å². The molecule has 0 bridgehead atoms. The van der Waals surface area contributed by atoms with Crippen molar-refractivity contribution in [1.82, 2.24) is 0 Å². The van der Waals surface area contributed by atoms with Crippen molar-refractivity contribution in [2.45, 2.75) is 315 Å². The van der Waals surface area contributed by atoms with E-state index in [1.54, 1.807) is 0 Å². The van der Waals surface area contributed by atoms with Gasteiger partial charge in [0.2, 0.25) is 0 Å². The summed E-state index contributed by atoms with van der Waals surface area (Å²) >= 11 is 0. The van der Waals surface area contributed by atoms with E-state index in [-0.39, 0.29) is 25.2 Å². The number of hydrogen-bond donors (Lipinski definition) is 1. The van der Waals surface area contributed by atoms with Crippen LogP contribution in [0, 0.1) is 0 Å². The van der Waals surface area contributed by atoms with Crippen LogP contribution >= 0.6 is 0 Å². The molecule has 0 aliphatic heterocycles. The van der Waals surface area contributed by atoms with Crippen molar-refractivity contribution in [1.29, 1.82) is 0 Å². The molecule has 0 saturated heterocycles. The van der Waals surface area contributed by atoms with Crippen molar-refractivity contribution in [2.75, 3.05) is 13.2 Å². The molecule has 0 aliphatic carbocycles. The smallest absolute Gasteiger partial charge is 0.306 e. The fourth-order valence-corrected chi connectivity index (χ4v) is 9.31. The lowest BCUT2D eigenvalue weighted by Gasteiger charge is -2.15. The zero-order valence-corrected chi connectivity index (χ0v) is 51.1. The lowest BCUT2D eigenvalue weighted by molar-refractivity contribution is -0.161. The first-order valence-electron chi connectivity index (χ1n) is 33.1. The Bertz CT molecular complexity index is 1550. The third-order valence-electron chi connectivity index (χ3n) is 14.2. The summed E-state index contributed by atoms with van der Waals surface area (Å²) < 4.78 is 10.7. The minimum absolute atomic E-state index is 0.0696. The van der Waals surface area contributed by atoms with Gasteiger partial charge in [-0.2, -0.15) is 0 Å². The average Bonchev–Trinajstić information content (AvgIpc) is 3.44. The highest BCUT2D eigenvalue weighted by Crippen LogP contribution is 2.17. The second-order valence-electron chi connectivity index (χ2n) is 21.8. The van der Waals surface area contributed by atoms with Crippen molar-refractivity contribution >= 4 is 11.9 Å². The number of aliphatic hydroxyl groups excluding tert-OH is 1. The molecule has 0 aromatic heterocycles. The fourth-order valence-electron chi connectivity index (χ4n) is 9.31. The van der Waals surface area contributed by atoms with Gasteiger partial charge in [0.1, 0.15) is 6.61 Å². The number of aliphatic hydroxyl groups is 1. The molecule has 0 rings (SSSR count). The van der Waals surface area contributed by atoms with Gasteiger partial charge in [0.25, 0.3) is 0 Å². The number of carbonyl (C=O) groups is 2. The fraction of sp³-hybridized carbons (Fsp3) is 0.699. The molecule has 1 unspecified atom stereocenters. The third kappa shape index (κ3) is 64.8. The van der Waals surface area contributed by atoms with Gasteiger partial charge in [0, 0.05) is 12.8 Å². The normalized spacial score (nSPS) is 13.0. The van der Waals surface area contributed by atoms with E-state index in [4.69, 9.17) is 9.47 Å². The number of carbonyl (C=O) groups excluding carboxylic acids is 2. The van der Waals surface area contributed by atoms with Crippen LogP contribution in [0.2, 0.25) is 0 Å². The maximum atomic E-state index is 12.4. The van der Waals surface area contributed by atoms with E-state index in [1.807, 2.05) is 0 Å². The molecule has 0 aromatic carbocycles. The molecule has 0 heterocycles. The van der Waals surface area contributed by atoms with Crippen LogP contribution in [0.3, 0.4) is 0 Å². The molecule has 0 fully saturated rings. The maximum Gasteiger partial charge on any atom is 0.306 e. The SMILES string of the molecule is CC/C=C\C/C=C\C/C=C\C/C=C\C/C=C\C/C=C\C/C=C\C/C=C\CCCCCCCCCCCCCCC(=O)OC(CO)COC(=O)CCCCCCCCCCCCCCCCC/C=C\C/C=C\CCCCCCC. The second-order valence-corrected chi connectivity index (χ2v) is 21.8. The molecule has 0 radical (unpaired) electrons. The van der Waals surface area contributed by atoms with E-state index in [2.05, 4.69) is 135 Å². The highest BCUT2D eigenvalue weighted by atomic mass is 16.6. The zero-order chi connectivity index (χ0) is 56.2. The number of allylic oxidation sites excluding steroid dienone is 20. The van der Waals surface area contributed by atoms with E-state index in [0.717, 1.165) is 96.3 Å². The standard InChI is InChI=1S/C73H124O5/c1-3-5-7-9-11-13-15-17-19-21-23-25-27-29-31-32-33-34-35-36-37-38-39-40-42-44-46-48-50-52-54-56-58-60-62-64-66-68-73(76)78-71(69-74)70-77-72(75)67-65-63-61-59-57-55-53-51-49-47-45-43-41-30-28-26-24-22-20-18-16-14-12-10-8-6-4-2/h5,7,11,13,16-19,22-25,29,31,33-34,36-37,39-40,71,74H,3-4,6,8-10,12,14-15,20-21,26-28,30,32,35,38,41-70H2,1-2H3/b7-5-,13-11-,18-16-,19-17-,24-22-,25-23-,31-29-,34-33-,37-36-,40-39-. The number of hydrogen-bond acceptors (Lipinski definition) is 5.